The van der Waals surface area contributed by atoms with E-state index in [0.717, 1.165) is 57.6 Å². The summed E-state index contributed by atoms with van der Waals surface area (Å²) in [4.78, 5) is 24.5. The number of ether oxygens (including phenoxy) is 1. The van der Waals surface area contributed by atoms with Crippen LogP contribution in [0.15, 0.2) is 33.0 Å². The summed E-state index contributed by atoms with van der Waals surface area (Å²) >= 11 is 4.89. The molecule has 0 unspecified atom stereocenters. The molecule has 1 amide bonds. The first-order valence-electron chi connectivity index (χ1n) is 11.0. The Balaban J connectivity index is 1.57. The number of carbonyl (C=O) groups excluding carboxylic acids is 1. The van der Waals surface area contributed by atoms with E-state index in [2.05, 4.69) is 26.1 Å². The van der Waals surface area contributed by atoms with Crippen molar-refractivity contribution in [3.05, 3.63) is 34.6 Å². The van der Waals surface area contributed by atoms with Crippen molar-refractivity contribution in [2.75, 3.05) is 11.5 Å². The molecule has 3 aromatic rings. The van der Waals surface area contributed by atoms with Crippen molar-refractivity contribution in [2.45, 2.75) is 75.4 Å². The molecular weight excluding hydrogens is 462 g/mol. The van der Waals surface area contributed by atoms with E-state index in [1.165, 1.54) is 22.2 Å². The highest BCUT2D eigenvalue weighted by atomic mass is 32.2. The smallest absolute Gasteiger partial charge is 0.230 e. The second-order valence-electron chi connectivity index (χ2n) is 8.11. The van der Waals surface area contributed by atoms with E-state index in [9.17, 15) is 4.79 Å². The Kier molecular flexibility index (Phi) is 7.81. The second kappa shape index (κ2) is 10.6. The average Bonchev–Trinajstić information content (AvgIpc) is 3.43. The monoisotopic (exact) mass is 491 g/mol. The van der Waals surface area contributed by atoms with Crippen LogP contribution in [-0.2, 0) is 29.1 Å². The number of carbonyl (C=O) groups is 1. The number of fused-ring (bicyclic) bond motifs is 3. The molecule has 1 aliphatic heterocycles. The van der Waals surface area contributed by atoms with Gasteiger partial charge < -0.3 is 14.5 Å². The summed E-state index contributed by atoms with van der Waals surface area (Å²) in [5.74, 6) is 2.01. The van der Waals surface area contributed by atoms with Crippen LogP contribution in [0.2, 0.25) is 0 Å². The third-order valence-corrected chi connectivity index (χ3v) is 8.65. The Hall–Kier alpha value is -1.55. The van der Waals surface area contributed by atoms with Crippen molar-refractivity contribution in [2.24, 2.45) is 0 Å². The first kappa shape index (κ1) is 23.6. The molecule has 0 aliphatic carbocycles. The van der Waals surface area contributed by atoms with Gasteiger partial charge in [-0.15, -0.1) is 11.3 Å². The highest BCUT2D eigenvalue weighted by molar-refractivity contribution is 8.00. The van der Waals surface area contributed by atoms with Crippen LogP contribution in [0.1, 0.15) is 56.2 Å². The average molecular weight is 492 g/mol. The lowest BCUT2D eigenvalue weighted by Gasteiger charge is -2.33. The molecule has 0 aromatic carbocycles. The van der Waals surface area contributed by atoms with Crippen LogP contribution in [0, 0.1) is 0 Å². The number of thiophene rings is 1. The molecule has 0 spiro atoms. The van der Waals surface area contributed by atoms with Crippen molar-refractivity contribution in [1.29, 1.82) is 0 Å². The summed E-state index contributed by atoms with van der Waals surface area (Å²) in [5, 5.41) is 5.72. The van der Waals surface area contributed by atoms with Gasteiger partial charge in [-0.3, -0.25) is 4.79 Å². The maximum Gasteiger partial charge on any atom is 0.230 e. The van der Waals surface area contributed by atoms with E-state index in [1.807, 2.05) is 12.1 Å². The fourth-order valence-corrected chi connectivity index (χ4v) is 6.60. The minimum atomic E-state index is -0.169. The summed E-state index contributed by atoms with van der Waals surface area (Å²) in [5.41, 5.74) is 1.13. The van der Waals surface area contributed by atoms with Gasteiger partial charge >= 0.3 is 0 Å². The fraction of sp³-hybridized carbons (Fsp3) is 0.522. The third-order valence-electron chi connectivity index (χ3n) is 5.64. The van der Waals surface area contributed by atoms with Gasteiger partial charge in [0.2, 0.25) is 5.91 Å². The molecular formula is C23H29N3O3S3. The molecule has 0 fully saturated rings. The number of rotatable bonds is 10. The van der Waals surface area contributed by atoms with E-state index in [1.54, 1.807) is 29.4 Å². The molecule has 1 N–H and O–H groups in total. The molecule has 1 atom stereocenters. The first-order valence-corrected chi connectivity index (χ1v) is 13.8. The number of hydrogen-bond donors (Lipinski definition) is 1. The molecule has 0 radical (unpaired) electrons. The number of unbranched alkanes of at least 4 members (excludes halogenated alkanes) is 1. The van der Waals surface area contributed by atoms with Crippen molar-refractivity contribution < 1.29 is 13.9 Å². The number of hydrogen-bond acceptors (Lipinski definition) is 8. The predicted molar refractivity (Wildman–Crippen MR) is 132 cm³/mol. The largest absolute Gasteiger partial charge is 0.467 e. The van der Waals surface area contributed by atoms with Gasteiger partial charge in [-0.05, 0) is 37.5 Å². The second-order valence-corrected chi connectivity index (χ2v) is 11.2. The van der Waals surface area contributed by atoms with E-state index in [0.29, 0.717) is 18.9 Å². The fourth-order valence-electron chi connectivity index (χ4n) is 3.51. The topological polar surface area (TPSA) is 77.3 Å². The molecule has 32 heavy (non-hydrogen) atoms. The van der Waals surface area contributed by atoms with Gasteiger partial charge in [0.05, 0.1) is 30.8 Å². The maximum absolute atomic E-state index is 12.5. The van der Waals surface area contributed by atoms with Gasteiger partial charge in [0.15, 0.2) is 5.16 Å². The number of furan rings is 1. The Morgan fingerprint density at radius 1 is 1.31 bits per heavy atom. The van der Waals surface area contributed by atoms with Crippen molar-refractivity contribution in [3.63, 3.8) is 0 Å². The Bertz CT molecular complexity index is 1070. The number of thioether (sulfide) groups is 2. The lowest BCUT2D eigenvalue weighted by Crippen LogP contribution is -2.33. The zero-order valence-electron chi connectivity index (χ0n) is 18.7. The van der Waals surface area contributed by atoms with Gasteiger partial charge in [-0.25, -0.2) is 9.97 Å². The number of nitrogens with one attached hydrogen (secondary N) is 1. The lowest BCUT2D eigenvalue weighted by molar-refractivity contribution is -0.118. The first-order chi connectivity index (χ1) is 15.5. The number of aromatic nitrogens is 2. The number of amides is 1. The summed E-state index contributed by atoms with van der Waals surface area (Å²) in [6, 6.07) is 3.67. The molecule has 0 saturated carbocycles. The van der Waals surface area contributed by atoms with Crippen molar-refractivity contribution in [1.82, 2.24) is 15.3 Å². The highest BCUT2D eigenvalue weighted by Crippen LogP contribution is 2.43. The standard InChI is InChI=1S/C23H29N3O3S3/c1-4-6-10-30-22-25-20(31-14-18(27)24-12-15-8-7-9-28-15)19-16-11-23(3,5-2)29-13-17(16)32-21(19)26-22/h7-9H,4-6,10-14H2,1-3H3,(H,24,27)/t23-/m0/s1. The molecule has 172 valence electrons. The normalized spacial score (nSPS) is 18.1. The molecule has 1 aliphatic rings. The van der Waals surface area contributed by atoms with Crippen molar-refractivity contribution in [3.8, 4) is 0 Å². The molecule has 0 saturated heterocycles. The molecule has 3 aromatic heterocycles. The number of nitrogens with zero attached hydrogens (tertiary/aromatic N) is 2. The predicted octanol–water partition coefficient (Wildman–Crippen LogP) is 5.83. The van der Waals surface area contributed by atoms with Crippen LogP contribution in [-0.4, -0.2) is 33.0 Å². The molecule has 4 rings (SSSR count). The zero-order valence-corrected chi connectivity index (χ0v) is 21.2. The van der Waals surface area contributed by atoms with Crippen LogP contribution in [0.3, 0.4) is 0 Å². The van der Waals surface area contributed by atoms with Crippen LogP contribution in [0.25, 0.3) is 10.2 Å². The molecule has 9 heteroatoms. The quantitative estimate of drug-likeness (QED) is 0.166. The Morgan fingerprint density at radius 2 is 2.19 bits per heavy atom. The minimum absolute atomic E-state index is 0.0378. The van der Waals surface area contributed by atoms with Crippen LogP contribution in [0.5, 0.6) is 0 Å². The van der Waals surface area contributed by atoms with E-state index < -0.39 is 0 Å². The van der Waals surface area contributed by atoms with Gasteiger partial charge in [0, 0.05) is 22.4 Å². The molecule has 6 nitrogen and oxygen atoms in total. The third kappa shape index (κ3) is 5.50. The van der Waals surface area contributed by atoms with Gasteiger partial charge in [-0.1, -0.05) is 43.8 Å². The Labute approximate surface area is 201 Å². The van der Waals surface area contributed by atoms with Crippen LogP contribution in [0.4, 0.5) is 0 Å². The van der Waals surface area contributed by atoms with Crippen LogP contribution >= 0.6 is 34.9 Å². The zero-order chi connectivity index (χ0) is 22.6. The van der Waals surface area contributed by atoms with E-state index in [-0.39, 0.29) is 11.5 Å². The highest BCUT2D eigenvalue weighted by Gasteiger charge is 2.33. The van der Waals surface area contributed by atoms with Gasteiger partial charge in [0.1, 0.15) is 15.6 Å². The maximum atomic E-state index is 12.5. The molecule has 0 bridgehead atoms. The summed E-state index contributed by atoms with van der Waals surface area (Å²) < 4.78 is 11.5. The summed E-state index contributed by atoms with van der Waals surface area (Å²) in [6.07, 6.45) is 5.69. The Morgan fingerprint density at radius 3 is 2.94 bits per heavy atom. The summed E-state index contributed by atoms with van der Waals surface area (Å²) in [6.45, 7) is 7.53. The lowest BCUT2D eigenvalue weighted by atomic mass is 9.90. The van der Waals surface area contributed by atoms with E-state index >= 15 is 0 Å². The minimum Gasteiger partial charge on any atom is -0.467 e. The molecule has 4 heterocycles. The summed E-state index contributed by atoms with van der Waals surface area (Å²) in [7, 11) is 0. The van der Waals surface area contributed by atoms with Gasteiger partial charge in [-0.2, -0.15) is 0 Å². The van der Waals surface area contributed by atoms with Gasteiger partial charge in [0.25, 0.3) is 0 Å². The van der Waals surface area contributed by atoms with Crippen molar-refractivity contribution >= 4 is 51.0 Å². The van der Waals surface area contributed by atoms with Crippen LogP contribution < -0.4 is 5.32 Å². The SMILES string of the molecule is CCCCSc1nc(SCC(=O)NCc2ccco2)c2c3c(sc2n1)CO[C@@](C)(CC)C3. The van der Waals surface area contributed by atoms with E-state index in [4.69, 9.17) is 19.1 Å².